The lowest BCUT2D eigenvalue weighted by Gasteiger charge is -2.16. The second-order valence-corrected chi connectivity index (χ2v) is 7.35. The number of urea groups is 1. The first-order chi connectivity index (χ1) is 13.6. The Balaban J connectivity index is 1.64. The van der Waals surface area contributed by atoms with Gasteiger partial charge in [-0.05, 0) is 47.5 Å². The van der Waals surface area contributed by atoms with E-state index in [1.54, 1.807) is 0 Å². The second kappa shape index (κ2) is 8.05. The van der Waals surface area contributed by atoms with Crippen LogP contribution in [-0.4, -0.2) is 23.3 Å². The Labute approximate surface area is 173 Å². The lowest BCUT2D eigenvalue weighted by Crippen LogP contribution is -2.30. The molecule has 0 bridgehead atoms. The molecule has 3 aromatic rings. The van der Waals surface area contributed by atoms with Crippen molar-refractivity contribution in [3.8, 4) is 0 Å². The van der Waals surface area contributed by atoms with Crippen molar-refractivity contribution in [2.45, 2.75) is 5.92 Å². The van der Waals surface area contributed by atoms with Crippen LogP contribution in [0.4, 0.5) is 10.5 Å². The topological polar surface area (TPSA) is 44.7 Å². The van der Waals surface area contributed by atoms with Gasteiger partial charge in [0.1, 0.15) is 0 Å². The zero-order valence-electron chi connectivity index (χ0n) is 14.8. The van der Waals surface area contributed by atoms with E-state index in [2.05, 4.69) is 10.4 Å². The predicted octanol–water partition coefficient (Wildman–Crippen LogP) is 6.03. The number of benzene rings is 3. The minimum atomic E-state index is -0.269. The molecule has 140 valence electrons. The number of carbonyl (C=O) groups is 1. The van der Waals surface area contributed by atoms with Crippen LogP contribution in [0.25, 0.3) is 0 Å². The van der Waals surface area contributed by atoms with Crippen LogP contribution in [0.15, 0.2) is 84.0 Å². The summed E-state index contributed by atoms with van der Waals surface area (Å²) in [4.78, 5) is 12.7. The van der Waals surface area contributed by atoms with Crippen LogP contribution in [0.1, 0.15) is 17.0 Å². The van der Waals surface area contributed by atoms with Crippen LogP contribution < -0.4 is 5.32 Å². The first-order valence-corrected chi connectivity index (χ1v) is 9.59. The summed E-state index contributed by atoms with van der Waals surface area (Å²) in [5.74, 6) is -0.0556. The van der Waals surface area contributed by atoms with E-state index in [-0.39, 0.29) is 11.9 Å². The van der Waals surface area contributed by atoms with Crippen LogP contribution in [0.3, 0.4) is 0 Å². The molecule has 4 rings (SSSR count). The number of halogens is 2. The van der Waals surface area contributed by atoms with Crippen LogP contribution in [0.2, 0.25) is 10.0 Å². The molecular weight excluding hydrogens is 393 g/mol. The van der Waals surface area contributed by atoms with E-state index in [1.807, 2.05) is 78.9 Å². The van der Waals surface area contributed by atoms with Gasteiger partial charge in [0.05, 0.1) is 12.3 Å². The van der Waals surface area contributed by atoms with Crippen molar-refractivity contribution in [2.24, 2.45) is 5.10 Å². The molecule has 0 saturated carbocycles. The Morgan fingerprint density at radius 2 is 1.50 bits per heavy atom. The minimum Gasteiger partial charge on any atom is -0.306 e. The average Bonchev–Trinajstić information content (AvgIpc) is 3.15. The number of nitrogens with one attached hydrogen (secondary N) is 1. The van der Waals surface area contributed by atoms with Gasteiger partial charge in [-0.15, -0.1) is 0 Å². The summed E-state index contributed by atoms with van der Waals surface area (Å²) in [6.45, 7) is 0.443. The minimum absolute atomic E-state index is 0.0556. The number of para-hydroxylation sites is 1. The molecule has 1 aliphatic heterocycles. The molecule has 0 fully saturated rings. The van der Waals surface area contributed by atoms with E-state index >= 15 is 0 Å². The molecule has 4 nitrogen and oxygen atoms in total. The van der Waals surface area contributed by atoms with Crippen LogP contribution in [-0.2, 0) is 0 Å². The maximum absolute atomic E-state index is 12.7. The summed E-state index contributed by atoms with van der Waals surface area (Å²) in [5.41, 5.74) is 3.53. The highest BCUT2D eigenvalue weighted by Crippen LogP contribution is 2.30. The largest absolute Gasteiger partial charge is 0.342 e. The van der Waals surface area contributed by atoms with Gasteiger partial charge in [-0.2, -0.15) is 5.10 Å². The van der Waals surface area contributed by atoms with Gasteiger partial charge < -0.3 is 5.32 Å². The van der Waals surface area contributed by atoms with Gasteiger partial charge in [-0.25, -0.2) is 9.80 Å². The number of hydrogen-bond donors (Lipinski definition) is 1. The van der Waals surface area contributed by atoms with Crippen molar-refractivity contribution in [1.82, 2.24) is 5.01 Å². The molecule has 28 heavy (non-hydrogen) atoms. The predicted molar refractivity (Wildman–Crippen MR) is 114 cm³/mol. The van der Waals surface area contributed by atoms with Crippen molar-refractivity contribution < 1.29 is 4.79 Å². The van der Waals surface area contributed by atoms with Gasteiger partial charge in [0.15, 0.2) is 0 Å². The molecule has 0 radical (unpaired) electrons. The normalized spacial score (nSPS) is 16.0. The smallest absolute Gasteiger partial charge is 0.306 e. The zero-order valence-corrected chi connectivity index (χ0v) is 16.4. The molecule has 1 aliphatic rings. The van der Waals surface area contributed by atoms with Crippen molar-refractivity contribution >= 4 is 40.6 Å². The summed E-state index contributed by atoms with van der Waals surface area (Å²) >= 11 is 12.1. The van der Waals surface area contributed by atoms with Gasteiger partial charge in [0, 0.05) is 21.7 Å². The van der Waals surface area contributed by atoms with E-state index < -0.39 is 0 Å². The highest BCUT2D eigenvalue weighted by atomic mass is 35.5. The van der Waals surface area contributed by atoms with Crippen molar-refractivity contribution in [2.75, 3.05) is 11.9 Å². The van der Waals surface area contributed by atoms with E-state index in [0.717, 1.165) is 22.5 Å². The molecule has 0 aromatic heterocycles. The number of hydrogen-bond acceptors (Lipinski definition) is 2. The lowest BCUT2D eigenvalue weighted by atomic mass is 9.91. The first kappa shape index (κ1) is 18.5. The third-order valence-electron chi connectivity index (χ3n) is 4.59. The zero-order chi connectivity index (χ0) is 19.5. The summed E-state index contributed by atoms with van der Waals surface area (Å²) in [6, 6.07) is 24.2. The van der Waals surface area contributed by atoms with E-state index in [0.29, 0.717) is 16.6 Å². The lowest BCUT2D eigenvalue weighted by molar-refractivity contribution is 0.218. The highest BCUT2D eigenvalue weighted by Gasteiger charge is 2.32. The van der Waals surface area contributed by atoms with Gasteiger partial charge >= 0.3 is 6.03 Å². The summed E-state index contributed by atoms with van der Waals surface area (Å²) in [5, 5.41) is 10.3. The number of rotatable bonds is 3. The molecular formula is C22H17Cl2N3O. The fourth-order valence-electron chi connectivity index (χ4n) is 3.18. The highest BCUT2D eigenvalue weighted by molar-refractivity contribution is 6.31. The quantitative estimate of drug-likeness (QED) is 0.563. The van der Waals surface area contributed by atoms with Crippen molar-refractivity contribution in [3.63, 3.8) is 0 Å². The fourth-order valence-corrected chi connectivity index (χ4v) is 3.43. The summed E-state index contributed by atoms with van der Waals surface area (Å²) in [6.07, 6.45) is 0. The van der Waals surface area contributed by atoms with Crippen LogP contribution in [0, 0.1) is 0 Å². The van der Waals surface area contributed by atoms with E-state index in [4.69, 9.17) is 23.2 Å². The molecule has 2 amide bonds. The van der Waals surface area contributed by atoms with Crippen molar-refractivity contribution in [3.05, 3.63) is 100 Å². The first-order valence-electron chi connectivity index (χ1n) is 8.83. The fraction of sp³-hybridized carbons (Fsp3) is 0.0909. The standard InChI is InChI=1S/C22H17Cl2N3O/c23-17-10-6-15(7-11-17)20-14-27(22(28)25-19-4-2-1-3-5-19)26-21(20)16-8-12-18(24)13-9-16/h1-13,20H,14H2,(H,25,28)/t20-/m0/s1. The summed E-state index contributed by atoms with van der Waals surface area (Å²) < 4.78 is 0. The Morgan fingerprint density at radius 3 is 2.14 bits per heavy atom. The second-order valence-electron chi connectivity index (χ2n) is 6.47. The molecule has 3 aromatic carbocycles. The molecule has 0 saturated heterocycles. The molecule has 0 spiro atoms. The maximum Gasteiger partial charge on any atom is 0.342 e. The van der Waals surface area contributed by atoms with Crippen LogP contribution >= 0.6 is 23.2 Å². The van der Waals surface area contributed by atoms with Gasteiger partial charge in [0.2, 0.25) is 0 Å². The Bertz CT molecular complexity index is 1000. The maximum atomic E-state index is 12.7. The number of carbonyl (C=O) groups excluding carboxylic acids is 1. The molecule has 6 heteroatoms. The van der Waals surface area contributed by atoms with Crippen molar-refractivity contribution in [1.29, 1.82) is 0 Å². The van der Waals surface area contributed by atoms with Gasteiger partial charge in [-0.3, -0.25) is 0 Å². The Kier molecular flexibility index (Phi) is 5.33. The number of anilines is 1. The molecule has 1 heterocycles. The van der Waals surface area contributed by atoms with E-state index in [9.17, 15) is 4.79 Å². The third-order valence-corrected chi connectivity index (χ3v) is 5.09. The Morgan fingerprint density at radius 1 is 0.893 bits per heavy atom. The van der Waals surface area contributed by atoms with Gasteiger partial charge in [0.25, 0.3) is 0 Å². The number of amides is 2. The van der Waals surface area contributed by atoms with Gasteiger partial charge in [-0.1, -0.05) is 65.7 Å². The average molecular weight is 410 g/mol. The monoisotopic (exact) mass is 409 g/mol. The Hall–Kier alpha value is -2.82. The molecule has 1 atom stereocenters. The summed E-state index contributed by atoms with van der Waals surface area (Å²) in [7, 11) is 0. The SMILES string of the molecule is O=C(Nc1ccccc1)N1C[C@@H](c2ccc(Cl)cc2)C(c2ccc(Cl)cc2)=N1. The number of hydrazone groups is 1. The molecule has 1 N–H and O–H groups in total. The molecule has 0 unspecified atom stereocenters. The number of nitrogens with zero attached hydrogens (tertiary/aromatic N) is 2. The third kappa shape index (κ3) is 4.03. The van der Waals surface area contributed by atoms with E-state index in [1.165, 1.54) is 5.01 Å². The molecule has 0 aliphatic carbocycles. The van der Waals surface area contributed by atoms with Crippen LogP contribution in [0.5, 0.6) is 0 Å².